The molecular weight excluding hydrogens is 300 g/mol. The van der Waals surface area contributed by atoms with Crippen molar-refractivity contribution in [3.63, 3.8) is 0 Å². The number of carboxylic acid groups (broad SMARTS) is 1. The summed E-state index contributed by atoms with van der Waals surface area (Å²) in [6, 6.07) is 3.43. The minimum atomic E-state index is -1.22. The number of hydrogen-bond acceptors (Lipinski definition) is 4. The molecule has 0 bridgehead atoms. The lowest BCUT2D eigenvalue weighted by Crippen LogP contribution is -2.36. The summed E-state index contributed by atoms with van der Waals surface area (Å²) in [5, 5.41) is 11.7. The molecule has 0 aliphatic carbocycles. The number of ether oxygens (including phenoxy) is 1. The van der Waals surface area contributed by atoms with E-state index in [1.54, 1.807) is 6.92 Å². The Labute approximate surface area is 126 Å². The number of nitrogens with zero attached hydrogens (tertiary/aromatic N) is 1. The molecule has 0 saturated carbocycles. The van der Waals surface area contributed by atoms with Crippen molar-refractivity contribution in [2.75, 3.05) is 25.5 Å². The van der Waals surface area contributed by atoms with Crippen LogP contribution in [0.5, 0.6) is 0 Å². The second-order valence-electron chi connectivity index (χ2n) is 4.09. The number of rotatable bonds is 5. The van der Waals surface area contributed by atoms with Crippen LogP contribution < -0.4 is 5.32 Å². The van der Waals surface area contributed by atoms with Crippen molar-refractivity contribution in [3.8, 4) is 0 Å². The predicted molar refractivity (Wildman–Crippen MR) is 76.7 cm³/mol. The van der Waals surface area contributed by atoms with Crippen LogP contribution in [0, 0.1) is 0 Å². The summed E-state index contributed by atoms with van der Waals surface area (Å²) in [4.78, 5) is 35.3. The third-order valence-corrected chi connectivity index (χ3v) is 2.71. The van der Waals surface area contributed by atoms with Gasteiger partial charge >= 0.3 is 18.0 Å². The van der Waals surface area contributed by atoms with Crippen molar-refractivity contribution in [2.24, 2.45) is 0 Å². The van der Waals surface area contributed by atoms with Crippen LogP contribution >= 0.6 is 11.6 Å². The summed E-state index contributed by atoms with van der Waals surface area (Å²) in [7, 11) is 1.39. The first-order valence-electron chi connectivity index (χ1n) is 6.05. The molecule has 0 aliphatic heterocycles. The maximum atomic E-state index is 11.9. The molecule has 8 heteroatoms. The zero-order valence-electron chi connectivity index (χ0n) is 11.6. The number of carbonyl (C=O) groups excluding carboxylic acids is 2. The zero-order chi connectivity index (χ0) is 16.0. The highest BCUT2D eigenvalue weighted by atomic mass is 35.5. The van der Waals surface area contributed by atoms with Gasteiger partial charge in [0.15, 0.2) is 0 Å². The van der Waals surface area contributed by atoms with Crippen molar-refractivity contribution < 1.29 is 24.2 Å². The van der Waals surface area contributed by atoms with Gasteiger partial charge in [0.2, 0.25) is 0 Å². The molecule has 1 aromatic rings. The van der Waals surface area contributed by atoms with E-state index in [1.165, 1.54) is 25.2 Å². The lowest BCUT2D eigenvalue weighted by atomic mass is 10.2. The van der Waals surface area contributed by atoms with E-state index >= 15 is 0 Å². The molecule has 0 unspecified atom stereocenters. The fraction of sp³-hybridized carbons (Fsp3) is 0.308. The molecule has 0 radical (unpaired) electrons. The minimum absolute atomic E-state index is 0.0904. The highest BCUT2D eigenvalue weighted by Crippen LogP contribution is 2.21. The number of carbonyl (C=O) groups is 3. The Morgan fingerprint density at radius 1 is 1.38 bits per heavy atom. The molecule has 0 atom stereocenters. The largest absolute Gasteiger partial charge is 0.478 e. The Kier molecular flexibility index (Phi) is 5.98. The molecule has 1 aromatic carbocycles. The summed E-state index contributed by atoms with van der Waals surface area (Å²) >= 11 is 5.72. The fourth-order valence-electron chi connectivity index (χ4n) is 1.49. The van der Waals surface area contributed by atoms with Crippen molar-refractivity contribution in [2.45, 2.75) is 6.92 Å². The number of anilines is 1. The number of esters is 1. The quantitative estimate of drug-likeness (QED) is 0.811. The van der Waals surface area contributed by atoms with Gasteiger partial charge in [-0.25, -0.2) is 9.59 Å². The van der Waals surface area contributed by atoms with Crippen molar-refractivity contribution in [3.05, 3.63) is 28.8 Å². The number of likely N-dealkylation sites (N-methyl/N-ethyl adjacent to an activating group) is 1. The number of benzene rings is 1. The number of aromatic carboxylic acids is 1. The van der Waals surface area contributed by atoms with Gasteiger partial charge in [0.05, 0.1) is 17.9 Å². The summed E-state index contributed by atoms with van der Waals surface area (Å²) in [6.45, 7) is 1.63. The van der Waals surface area contributed by atoms with Gasteiger partial charge in [-0.3, -0.25) is 4.79 Å². The molecule has 0 fully saturated rings. The Morgan fingerprint density at radius 3 is 2.62 bits per heavy atom. The molecule has 2 amide bonds. The highest BCUT2D eigenvalue weighted by molar-refractivity contribution is 6.31. The molecule has 0 aliphatic rings. The van der Waals surface area contributed by atoms with Crippen LogP contribution in [0.1, 0.15) is 17.3 Å². The summed E-state index contributed by atoms with van der Waals surface area (Å²) in [5.74, 6) is -1.77. The molecule has 2 N–H and O–H groups in total. The van der Waals surface area contributed by atoms with Crippen LogP contribution in [0.25, 0.3) is 0 Å². The van der Waals surface area contributed by atoms with Gasteiger partial charge in [0.1, 0.15) is 6.54 Å². The van der Waals surface area contributed by atoms with Crippen LogP contribution in [0.3, 0.4) is 0 Å². The Balaban J connectivity index is 2.79. The van der Waals surface area contributed by atoms with E-state index in [9.17, 15) is 14.4 Å². The number of amides is 2. The number of nitrogens with one attached hydrogen (secondary N) is 1. The lowest BCUT2D eigenvalue weighted by Gasteiger charge is -2.17. The molecule has 21 heavy (non-hydrogen) atoms. The highest BCUT2D eigenvalue weighted by Gasteiger charge is 2.17. The first-order chi connectivity index (χ1) is 9.85. The molecule has 7 nitrogen and oxygen atoms in total. The zero-order valence-corrected chi connectivity index (χ0v) is 12.3. The van der Waals surface area contributed by atoms with Gasteiger partial charge in [-0.15, -0.1) is 0 Å². The second-order valence-corrected chi connectivity index (χ2v) is 4.52. The summed E-state index contributed by atoms with van der Waals surface area (Å²) in [5.41, 5.74) is -0.0482. The van der Waals surface area contributed by atoms with Crippen LogP contribution in [0.15, 0.2) is 18.2 Å². The third-order valence-electron chi connectivity index (χ3n) is 2.47. The fourth-order valence-corrected chi connectivity index (χ4v) is 1.66. The monoisotopic (exact) mass is 314 g/mol. The van der Waals surface area contributed by atoms with Gasteiger partial charge < -0.3 is 20.1 Å². The molecule has 114 valence electrons. The first kappa shape index (κ1) is 16.8. The SMILES string of the molecule is CCOC(=O)CN(C)C(=O)Nc1ccc(Cl)cc1C(=O)O. The van der Waals surface area contributed by atoms with Crippen LogP contribution in [-0.2, 0) is 9.53 Å². The maximum absolute atomic E-state index is 11.9. The molecule has 0 heterocycles. The second kappa shape index (κ2) is 7.49. The lowest BCUT2D eigenvalue weighted by molar-refractivity contribution is -0.143. The Morgan fingerprint density at radius 2 is 2.05 bits per heavy atom. The van der Waals surface area contributed by atoms with Crippen molar-refractivity contribution in [1.82, 2.24) is 4.90 Å². The Bertz CT molecular complexity index is 561. The van der Waals surface area contributed by atoms with E-state index in [1.807, 2.05) is 0 Å². The maximum Gasteiger partial charge on any atom is 0.337 e. The molecule has 0 saturated heterocycles. The summed E-state index contributed by atoms with van der Waals surface area (Å²) < 4.78 is 4.72. The number of carboxylic acids is 1. The normalized spacial score (nSPS) is 9.86. The molecule has 1 rings (SSSR count). The molecule has 0 aromatic heterocycles. The standard InChI is InChI=1S/C13H15ClN2O5/c1-3-21-11(17)7-16(2)13(20)15-10-5-4-8(14)6-9(10)12(18)19/h4-6H,3,7H2,1-2H3,(H,15,20)(H,18,19). The topological polar surface area (TPSA) is 95.9 Å². The van der Waals surface area contributed by atoms with E-state index in [0.29, 0.717) is 0 Å². The van der Waals surface area contributed by atoms with Gasteiger partial charge in [-0.1, -0.05) is 11.6 Å². The minimum Gasteiger partial charge on any atom is -0.478 e. The third kappa shape index (κ3) is 4.96. The Hall–Kier alpha value is -2.28. The van der Waals surface area contributed by atoms with Crippen LogP contribution in [0.2, 0.25) is 5.02 Å². The summed E-state index contributed by atoms with van der Waals surface area (Å²) in [6.07, 6.45) is 0. The predicted octanol–water partition coefficient (Wildman–Crippen LogP) is 2.06. The van der Waals surface area contributed by atoms with E-state index < -0.39 is 18.0 Å². The van der Waals surface area contributed by atoms with Crippen LogP contribution in [0.4, 0.5) is 10.5 Å². The van der Waals surface area contributed by atoms with Gasteiger partial charge in [0, 0.05) is 12.1 Å². The van der Waals surface area contributed by atoms with Crippen LogP contribution in [-0.4, -0.2) is 48.2 Å². The number of hydrogen-bond donors (Lipinski definition) is 2. The van der Waals surface area contributed by atoms with Gasteiger partial charge in [-0.2, -0.15) is 0 Å². The number of urea groups is 1. The van der Waals surface area contributed by atoms with Crippen molar-refractivity contribution in [1.29, 1.82) is 0 Å². The first-order valence-corrected chi connectivity index (χ1v) is 6.43. The average Bonchev–Trinajstić information content (AvgIpc) is 2.40. The average molecular weight is 315 g/mol. The van der Waals surface area contributed by atoms with E-state index in [2.05, 4.69) is 5.32 Å². The van der Waals surface area contributed by atoms with Gasteiger partial charge in [-0.05, 0) is 25.1 Å². The molecular formula is C13H15ClN2O5. The smallest absolute Gasteiger partial charge is 0.337 e. The van der Waals surface area contributed by atoms with E-state index in [0.717, 1.165) is 4.90 Å². The number of halogens is 1. The molecule has 0 spiro atoms. The van der Waals surface area contributed by atoms with E-state index in [-0.39, 0.29) is 29.4 Å². The van der Waals surface area contributed by atoms with E-state index in [4.69, 9.17) is 21.4 Å². The van der Waals surface area contributed by atoms with Gasteiger partial charge in [0.25, 0.3) is 0 Å². The van der Waals surface area contributed by atoms with Crippen molar-refractivity contribution >= 4 is 35.3 Å².